The van der Waals surface area contributed by atoms with Gasteiger partial charge in [-0.1, -0.05) is 97.9 Å². The fourth-order valence-corrected chi connectivity index (χ4v) is 10.8. The molecular weight excluding hydrogens is 324 g/mol. The van der Waals surface area contributed by atoms with E-state index in [2.05, 4.69) is 104 Å². The molecule has 0 spiro atoms. The zero-order chi connectivity index (χ0) is 16.8. The fraction of sp³-hybridized carbons (Fsp3) is 0.143. The minimum Gasteiger partial charge on any atom is -0.448 e. The highest BCUT2D eigenvalue weighted by molar-refractivity contribution is 7.09. The van der Waals surface area contributed by atoms with Gasteiger partial charge in [-0.25, -0.2) is 0 Å². The van der Waals surface area contributed by atoms with Crippen LogP contribution in [0.1, 0.15) is 6.92 Å². The summed E-state index contributed by atoms with van der Waals surface area (Å²) in [5.41, 5.74) is 0. The van der Waals surface area contributed by atoms with E-state index < -0.39 is 17.4 Å². The molecule has 0 aromatic heterocycles. The lowest BCUT2D eigenvalue weighted by atomic mass is 10.3. The molecule has 0 N–H and O–H groups in total. The van der Waals surface area contributed by atoms with E-state index in [1.807, 2.05) is 0 Å². The fourth-order valence-electron chi connectivity index (χ4n) is 3.11. The summed E-state index contributed by atoms with van der Waals surface area (Å²) in [7, 11) is -3.70. The Kier molecular flexibility index (Phi) is 5.46. The second-order valence-corrected chi connectivity index (χ2v) is 12.6. The van der Waals surface area contributed by atoms with Crippen LogP contribution >= 0.6 is 0 Å². The van der Waals surface area contributed by atoms with E-state index in [0.717, 1.165) is 6.04 Å². The summed E-state index contributed by atoms with van der Waals surface area (Å²) < 4.78 is 7.02. The summed E-state index contributed by atoms with van der Waals surface area (Å²) in [4.78, 5) is 0. The second-order valence-electron chi connectivity index (χ2n) is 6.12. The molecule has 3 heteroatoms. The molecule has 0 aliphatic rings. The van der Waals surface area contributed by atoms with E-state index in [4.69, 9.17) is 4.12 Å². The van der Waals surface area contributed by atoms with E-state index in [1.165, 1.54) is 15.6 Å². The zero-order valence-electron chi connectivity index (χ0n) is 14.4. The molecule has 0 heterocycles. The Balaban J connectivity index is 2.28. The monoisotopic (exact) mass is 348 g/mol. The summed E-state index contributed by atoms with van der Waals surface area (Å²) in [6.45, 7) is 4.56. The Morgan fingerprint density at radius 3 is 1.29 bits per heavy atom. The van der Waals surface area contributed by atoms with Gasteiger partial charge < -0.3 is 4.12 Å². The predicted octanol–water partition coefficient (Wildman–Crippen LogP) is 3.04. The molecule has 1 unspecified atom stereocenters. The molecule has 3 aromatic carbocycles. The number of hydrogen-bond donors (Lipinski definition) is 0. The van der Waals surface area contributed by atoms with Gasteiger partial charge in [0.15, 0.2) is 9.04 Å². The van der Waals surface area contributed by atoms with Crippen molar-refractivity contribution in [1.82, 2.24) is 0 Å². The number of benzene rings is 3. The molecule has 3 rings (SSSR count). The number of rotatable bonds is 6. The van der Waals surface area contributed by atoms with Gasteiger partial charge in [-0.3, -0.25) is 0 Å². The lowest BCUT2D eigenvalue weighted by Crippen LogP contribution is -2.70. The van der Waals surface area contributed by atoms with E-state index in [1.54, 1.807) is 0 Å². The van der Waals surface area contributed by atoms with Gasteiger partial charge in [-0.2, -0.15) is 0 Å². The molecule has 0 amide bonds. The first kappa shape index (κ1) is 16.9. The van der Waals surface area contributed by atoms with Crippen molar-refractivity contribution in [2.45, 2.75) is 19.5 Å². The molecule has 0 bridgehead atoms. The molecular formula is C21H24OSi2. The summed E-state index contributed by atoms with van der Waals surface area (Å²) in [5.74, 6) is 0. The Morgan fingerprint density at radius 2 is 1.00 bits per heavy atom. The predicted molar refractivity (Wildman–Crippen MR) is 109 cm³/mol. The molecule has 0 saturated carbocycles. The van der Waals surface area contributed by atoms with Gasteiger partial charge in [0.25, 0.3) is 8.32 Å². The van der Waals surface area contributed by atoms with Gasteiger partial charge in [0.2, 0.25) is 0 Å². The van der Waals surface area contributed by atoms with Crippen molar-refractivity contribution in [2.24, 2.45) is 0 Å². The van der Waals surface area contributed by atoms with Crippen LogP contribution < -0.4 is 15.6 Å². The van der Waals surface area contributed by atoms with Crippen molar-refractivity contribution in [3.63, 3.8) is 0 Å². The van der Waals surface area contributed by atoms with E-state index in [9.17, 15) is 0 Å². The zero-order valence-corrected chi connectivity index (χ0v) is 16.5. The summed E-state index contributed by atoms with van der Waals surface area (Å²) in [6.07, 6.45) is 0. The molecule has 3 aromatic rings. The van der Waals surface area contributed by atoms with Crippen LogP contribution in [-0.4, -0.2) is 17.4 Å². The van der Waals surface area contributed by atoms with Gasteiger partial charge >= 0.3 is 0 Å². The van der Waals surface area contributed by atoms with Crippen molar-refractivity contribution >= 4 is 32.9 Å². The quantitative estimate of drug-likeness (QED) is 0.491. The highest BCUT2D eigenvalue weighted by atomic mass is 28.4. The number of hydrogen-bond acceptors (Lipinski definition) is 1. The Morgan fingerprint density at radius 1 is 0.667 bits per heavy atom. The Labute approximate surface area is 147 Å². The maximum absolute atomic E-state index is 7.02. The van der Waals surface area contributed by atoms with Crippen LogP contribution in [0.15, 0.2) is 91.0 Å². The largest absolute Gasteiger partial charge is 0.448 e. The third-order valence-electron chi connectivity index (χ3n) is 4.49. The van der Waals surface area contributed by atoms with Crippen LogP contribution in [0.3, 0.4) is 0 Å². The van der Waals surface area contributed by atoms with Gasteiger partial charge in [0, 0.05) is 0 Å². The van der Waals surface area contributed by atoms with E-state index in [-0.39, 0.29) is 0 Å². The van der Waals surface area contributed by atoms with Gasteiger partial charge in [0.05, 0.1) is 0 Å². The smallest absolute Gasteiger partial charge is 0.277 e. The minimum atomic E-state index is -2.45. The lowest BCUT2D eigenvalue weighted by molar-refractivity contribution is 0.596. The minimum absolute atomic E-state index is 1.14. The van der Waals surface area contributed by atoms with Crippen molar-refractivity contribution in [2.75, 3.05) is 0 Å². The molecule has 1 atom stereocenters. The van der Waals surface area contributed by atoms with Gasteiger partial charge in [-0.05, 0) is 28.2 Å². The highest BCUT2D eigenvalue weighted by Gasteiger charge is 2.42. The van der Waals surface area contributed by atoms with Crippen LogP contribution in [0.5, 0.6) is 0 Å². The summed E-state index contributed by atoms with van der Waals surface area (Å²) >= 11 is 0. The molecule has 24 heavy (non-hydrogen) atoms. The third-order valence-corrected chi connectivity index (χ3v) is 12.1. The first-order chi connectivity index (χ1) is 11.8. The van der Waals surface area contributed by atoms with E-state index in [0.29, 0.717) is 0 Å². The van der Waals surface area contributed by atoms with Crippen molar-refractivity contribution in [3.8, 4) is 0 Å². The summed E-state index contributed by atoms with van der Waals surface area (Å²) in [5, 5.41) is 3.99. The van der Waals surface area contributed by atoms with Gasteiger partial charge in [0.1, 0.15) is 0 Å². The maximum Gasteiger partial charge on any atom is 0.277 e. The first-order valence-corrected chi connectivity index (χ1v) is 13.0. The molecule has 122 valence electrons. The highest BCUT2D eigenvalue weighted by Crippen LogP contribution is 2.12. The van der Waals surface area contributed by atoms with Crippen LogP contribution in [-0.2, 0) is 4.12 Å². The first-order valence-electron chi connectivity index (χ1n) is 8.61. The molecule has 0 fully saturated rings. The SMILES string of the molecule is CC[SiH](C)O[Si](c1ccccc1)(c1ccccc1)c1ccccc1. The van der Waals surface area contributed by atoms with Crippen molar-refractivity contribution in [1.29, 1.82) is 0 Å². The molecule has 0 radical (unpaired) electrons. The molecule has 0 aliphatic carbocycles. The third kappa shape index (κ3) is 3.29. The average Bonchev–Trinajstić information content (AvgIpc) is 2.68. The lowest BCUT2D eigenvalue weighted by Gasteiger charge is -2.35. The Bertz CT molecular complexity index is 648. The maximum atomic E-state index is 7.02. The van der Waals surface area contributed by atoms with Crippen LogP contribution in [0.25, 0.3) is 0 Å². The van der Waals surface area contributed by atoms with E-state index >= 15 is 0 Å². The molecule has 1 nitrogen and oxygen atoms in total. The summed E-state index contributed by atoms with van der Waals surface area (Å²) in [6, 6.07) is 33.6. The normalized spacial score (nSPS) is 12.8. The van der Waals surface area contributed by atoms with Gasteiger partial charge in [-0.15, -0.1) is 0 Å². The van der Waals surface area contributed by atoms with Crippen LogP contribution in [0.4, 0.5) is 0 Å². The van der Waals surface area contributed by atoms with Crippen LogP contribution in [0, 0.1) is 0 Å². The van der Waals surface area contributed by atoms with Crippen molar-refractivity contribution in [3.05, 3.63) is 91.0 Å². The molecule has 0 saturated heterocycles. The average molecular weight is 349 g/mol. The topological polar surface area (TPSA) is 9.23 Å². The Hall–Kier alpha value is -1.95. The van der Waals surface area contributed by atoms with Crippen molar-refractivity contribution < 1.29 is 4.12 Å². The van der Waals surface area contributed by atoms with Crippen LogP contribution in [0.2, 0.25) is 12.6 Å². The molecule has 0 aliphatic heterocycles. The second kappa shape index (κ2) is 7.75. The standard InChI is InChI=1S/C21H24OSi2/c1-3-23(2)22-24(19-13-7-4-8-14-19,20-15-9-5-10-16-20)21-17-11-6-12-18-21/h4-18,23H,3H2,1-2H3.